The number of aromatic carboxylic acids is 1. The number of alkyl halides is 1. The second-order valence-corrected chi connectivity index (χ2v) is 31.1. The number of carbonyl (C=O) groups is 9. The Bertz CT molecular complexity index is 6450. The number of hydrogen-bond donors (Lipinski definition) is 8. The van der Waals surface area contributed by atoms with Crippen molar-refractivity contribution < 1.29 is 112 Å². The van der Waals surface area contributed by atoms with Crippen LogP contribution in [-0.2, 0) is 40.1 Å². The molecular formula is C82H63Cl2N6O27S3-5. The number of carboxylic acids is 5. The Balaban J connectivity index is 0.000000192. The van der Waals surface area contributed by atoms with E-state index in [0.717, 1.165) is 46.1 Å². The van der Waals surface area contributed by atoms with Crippen molar-refractivity contribution in [3.8, 4) is 51.0 Å². The molecule has 6 aromatic rings. The zero-order chi connectivity index (χ0) is 84.6. The molecule has 7 unspecified atom stereocenters. The van der Waals surface area contributed by atoms with E-state index >= 15 is 0 Å². The summed E-state index contributed by atoms with van der Waals surface area (Å²) in [6.45, 7) is 4.32. The lowest BCUT2D eigenvalue weighted by Crippen LogP contribution is -2.71. The molecule has 620 valence electrons. The van der Waals surface area contributed by atoms with Gasteiger partial charge in [0, 0.05) is 108 Å². The maximum Gasteiger partial charge on any atom is 0.349 e. The molecule has 4 aliphatic carbocycles. The van der Waals surface area contributed by atoms with Crippen LogP contribution >= 0.6 is 58.5 Å². The predicted molar refractivity (Wildman–Crippen MR) is 431 cm³/mol. The van der Waals surface area contributed by atoms with Gasteiger partial charge in [-0.15, -0.1) is 52.6 Å². The Morgan fingerprint density at radius 2 is 1.40 bits per heavy atom. The lowest BCUT2D eigenvalue weighted by Gasteiger charge is -2.50. The van der Waals surface area contributed by atoms with E-state index in [4.69, 9.17) is 40.9 Å². The molecule has 2 aromatic heterocycles. The van der Waals surface area contributed by atoms with Gasteiger partial charge in [0.05, 0.1) is 70.0 Å². The third-order valence-electron chi connectivity index (χ3n) is 19.0. The molecule has 5 aliphatic heterocycles. The minimum atomic E-state index is -1.73. The van der Waals surface area contributed by atoms with E-state index in [0.29, 0.717) is 77.6 Å². The summed E-state index contributed by atoms with van der Waals surface area (Å²) in [4.78, 5) is 164. The highest BCUT2D eigenvalue weighted by Gasteiger charge is 2.53. The third-order valence-corrected chi connectivity index (χ3v) is 23.4. The van der Waals surface area contributed by atoms with Crippen LogP contribution in [0.25, 0.3) is 84.4 Å². The number of β-lactam (4-membered cyclic amide) rings is 1. The summed E-state index contributed by atoms with van der Waals surface area (Å²) in [6.07, 6.45) is 5.92. The lowest BCUT2D eigenvalue weighted by molar-refractivity contribution is -0.310. The number of benzene rings is 6. The fourth-order valence-electron chi connectivity index (χ4n) is 13.5. The molecule has 1 fully saturated rings. The molecule has 7 heterocycles. The van der Waals surface area contributed by atoms with E-state index in [1.165, 1.54) is 90.6 Å². The number of phenolic OH excluding ortho intramolecular Hbond substituents is 2. The highest BCUT2D eigenvalue weighted by atomic mass is 35.5. The first-order chi connectivity index (χ1) is 56.2. The highest BCUT2D eigenvalue weighted by Crippen LogP contribution is 2.47. The summed E-state index contributed by atoms with van der Waals surface area (Å²) in [7, 11) is 0. The normalized spacial score (nSPS) is 18.0. The van der Waals surface area contributed by atoms with Crippen LogP contribution in [0.2, 0.25) is 5.02 Å². The van der Waals surface area contributed by atoms with Crippen LogP contribution < -0.4 is 79.5 Å². The van der Waals surface area contributed by atoms with Crippen molar-refractivity contribution in [1.29, 1.82) is 0 Å². The van der Waals surface area contributed by atoms with E-state index in [-0.39, 0.29) is 127 Å². The number of aliphatic carboxylic acids is 4. The Hall–Kier alpha value is -13.1. The summed E-state index contributed by atoms with van der Waals surface area (Å²) in [6, 6.07) is 24.3. The fraction of sp³-hybridized carbons (Fsp3) is 0.195. The molecule has 0 saturated carbocycles. The molecule has 4 aromatic carbocycles. The van der Waals surface area contributed by atoms with Crippen LogP contribution in [0.1, 0.15) is 52.6 Å². The Morgan fingerprint density at radius 1 is 0.725 bits per heavy atom. The van der Waals surface area contributed by atoms with Crippen LogP contribution in [0.4, 0.5) is 0 Å². The number of hydrogen-bond acceptors (Lipinski definition) is 30. The topological polar surface area (TPSA) is 566 Å². The van der Waals surface area contributed by atoms with Crippen LogP contribution in [0.5, 0.6) is 17.2 Å². The van der Waals surface area contributed by atoms with Gasteiger partial charge in [-0.2, -0.15) is 0 Å². The van der Waals surface area contributed by atoms with E-state index in [9.17, 15) is 108 Å². The zero-order valence-electron chi connectivity index (χ0n) is 61.1. The molecule has 0 spiro atoms. The number of amides is 4. The van der Waals surface area contributed by atoms with E-state index in [2.05, 4.69) is 32.8 Å². The van der Waals surface area contributed by atoms with Gasteiger partial charge in [-0.1, -0.05) is 67.6 Å². The SMILES string of the molecule is C.C=C1CSC(C(NC(=O)CNC(=O)c2cc3cc(Cl)c(O)cc3oc2=O)C(=O)[O-])N=C1C(=O)[O-].CC1=CC=C(c2c3ccc(=O)cc-3oc3cc(O)ccc23)C(C(=O)[O-])C1.O.O=C(CNCc1cc2c(oc1=O)=CC(O)C(Cl)C=2)NC1C(=O)N2C(C(=O)[O-])=C(CSc3ccc(-c4c5ccc(=O)cc-5oc5cc([O-])ccc45)c(C(=O)O)c3)CSC12. The number of nitrogens with one attached hydrogen (secondary N) is 4. The number of aromatic hydroxyl groups is 2. The monoisotopic (exact) mass is 1730 g/mol. The van der Waals surface area contributed by atoms with Gasteiger partial charge in [0.25, 0.3) is 11.8 Å². The van der Waals surface area contributed by atoms with Crippen molar-refractivity contribution in [3.63, 3.8) is 0 Å². The molecule has 120 heavy (non-hydrogen) atoms. The number of carboxylic acid groups (broad SMARTS) is 5. The predicted octanol–water partition coefficient (Wildman–Crippen LogP) is 0.569. The van der Waals surface area contributed by atoms with Gasteiger partial charge >= 0.3 is 17.2 Å². The van der Waals surface area contributed by atoms with Gasteiger partial charge in [0.15, 0.2) is 10.9 Å². The van der Waals surface area contributed by atoms with Crippen LogP contribution in [0, 0.1) is 5.92 Å². The molecule has 38 heteroatoms. The van der Waals surface area contributed by atoms with E-state index in [1.54, 1.807) is 42.5 Å². The van der Waals surface area contributed by atoms with Crippen molar-refractivity contribution in [2.75, 3.05) is 30.3 Å². The number of rotatable bonds is 20. The zero-order valence-corrected chi connectivity index (χ0v) is 65.1. The number of carbonyl (C=O) groups excluding carboxylic acids is 8. The molecular weight excluding hydrogens is 1670 g/mol. The van der Waals surface area contributed by atoms with Gasteiger partial charge < -0.3 is 110 Å². The average Bonchev–Trinajstić information content (AvgIpc) is 0.747. The number of nitrogens with zero attached hydrogens (tertiary/aromatic N) is 2. The standard InChI is InChI=1S/C40H30ClN3O12S2.C21H16O5.C20H16ClN3O9S.CH4.H2O/c41-27-8-17-7-18(40(54)56-29(17)12-28(27)47)13-42-14-32(48)43-34-36(49)44-35(39(52)53)19(16-58-37(34)44)15-57-22-3-6-23(26(11-22)38(50)51)33-24-4-1-20(45)9-30(24)55-31-10-21(46)2-5-25(31)33;1-11-2-5-14(17(8-11)21(24)25)20-15-6-3-12(22)9-18(15)26-19-10-13(23)4-7-16(19)20;1-7-6-34-17(24-14(7)18(28)29)15(19(30)31)23-13(26)5-22-16(27)9-2-8-3-10(21)11(25)4-12(8)33-20(9)32;;/h1-12,27-28,34,37,42,45,47H,13-16H2,(H,43,48)(H,50,51)(H,52,53);2-7,9-10,17,22H,8H2,1H3,(H,24,25);2-4,15,17,25H,1,5-6H2,(H,22,27)(H,23,26)(H,28,29)(H,30,31);1H4;1H2/p-5. The molecule has 0 radical (unpaired) electrons. The molecule has 10 N–H and O–H groups in total. The van der Waals surface area contributed by atoms with Crippen molar-refractivity contribution in [2.24, 2.45) is 10.9 Å². The van der Waals surface area contributed by atoms with Gasteiger partial charge in [0.2, 0.25) is 11.8 Å². The molecule has 33 nitrogen and oxygen atoms in total. The smallest absolute Gasteiger partial charge is 0.349 e. The van der Waals surface area contributed by atoms with Crippen molar-refractivity contribution in [3.05, 3.63) is 236 Å². The minimum Gasteiger partial charge on any atom is -0.872 e. The van der Waals surface area contributed by atoms with Crippen LogP contribution in [0.15, 0.2) is 203 Å². The number of aliphatic hydroxyl groups excluding tert-OH is 1. The number of thioether (sulfide) groups is 3. The third kappa shape index (κ3) is 18.6. The fourth-order valence-corrected chi connectivity index (χ4v) is 17.3. The molecule has 7 atom stereocenters. The summed E-state index contributed by atoms with van der Waals surface area (Å²) < 4.78 is 21.9. The van der Waals surface area contributed by atoms with Crippen molar-refractivity contribution >= 4 is 168 Å². The number of allylic oxidation sites excluding steroid dienone is 3. The Labute approximate surface area is 697 Å². The van der Waals surface area contributed by atoms with Gasteiger partial charge in [-0.3, -0.25) is 38.7 Å². The van der Waals surface area contributed by atoms with Crippen molar-refractivity contribution in [2.45, 2.75) is 66.5 Å². The molecule has 9 aliphatic rings. The van der Waals surface area contributed by atoms with Gasteiger partial charge in [-0.05, 0) is 114 Å². The van der Waals surface area contributed by atoms with E-state index in [1.807, 2.05) is 13.0 Å². The average molecular weight is 1730 g/mol. The maximum atomic E-state index is 13.3. The molecule has 0 bridgehead atoms. The van der Waals surface area contributed by atoms with Gasteiger partial charge in [-0.25, -0.2) is 14.4 Å². The first-order valence-corrected chi connectivity index (χ1v) is 39.0. The number of phenols is 2. The van der Waals surface area contributed by atoms with E-state index < -0.39 is 123 Å². The van der Waals surface area contributed by atoms with Crippen LogP contribution in [0.3, 0.4) is 0 Å². The Kier molecular flexibility index (Phi) is 26.6. The minimum absolute atomic E-state index is 0. The van der Waals surface area contributed by atoms with Crippen molar-refractivity contribution in [1.82, 2.24) is 26.2 Å². The maximum absolute atomic E-state index is 13.3. The molecule has 4 amide bonds. The number of aliphatic hydroxyl groups is 1. The second kappa shape index (κ2) is 36.4. The molecule has 1 saturated heterocycles. The Morgan fingerprint density at radius 3 is 2.08 bits per heavy atom. The lowest BCUT2D eigenvalue weighted by atomic mass is 9.80. The first-order valence-electron chi connectivity index (χ1n) is 35.1. The number of fused-ring (bicyclic) bond motifs is 7. The van der Waals surface area contributed by atoms with Crippen LogP contribution in [-0.4, -0.2) is 155 Å². The van der Waals surface area contributed by atoms with Gasteiger partial charge in [0.1, 0.15) is 73.6 Å². The second-order valence-electron chi connectivity index (χ2n) is 27.0. The summed E-state index contributed by atoms with van der Waals surface area (Å²) >= 11 is 15.2. The number of halogens is 2. The summed E-state index contributed by atoms with van der Waals surface area (Å²) in [5.41, 5.74) is 1.85. The summed E-state index contributed by atoms with van der Waals surface area (Å²) in [5.74, 6) is -11.2. The quantitative estimate of drug-likeness (QED) is 0.0170. The largest absolute Gasteiger partial charge is 0.872 e. The molecule has 15 rings (SSSR count). The highest BCUT2D eigenvalue weighted by molar-refractivity contribution is 8.01. The summed E-state index contributed by atoms with van der Waals surface area (Å²) in [5, 5.41) is 107. The first kappa shape index (κ1) is 87.8. The number of aliphatic imine (C=N–C) groups is 1.